The fraction of sp³-hybridized carbons (Fsp3) is 0.727. The van der Waals surface area contributed by atoms with Crippen LogP contribution in [-0.2, 0) is 49.4 Å². The third kappa shape index (κ3) is 14.6. The Kier molecular flexibility index (Phi) is 21.5. The van der Waals surface area contributed by atoms with Crippen molar-refractivity contribution in [1.29, 1.82) is 0 Å². The summed E-state index contributed by atoms with van der Waals surface area (Å²) in [5.41, 5.74) is 0.862. The fourth-order valence-electron chi connectivity index (χ4n) is 8.40. The van der Waals surface area contributed by atoms with Crippen LogP contribution in [0.1, 0.15) is 92.6 Å². The Hall–Kier alpha value is -4.08. The molecule has 0 saturated carbocycles. The van der Waals surface area contributed by atoms with Gasteiger partial charge in [0.05, 0.1) is 49.8 Å². The first-order valence-corrected chi connectivity index (χ1v) is 21.1. The fourth-order valence-corrected chi connectivity index (χ4v) is 8.40. The van der Waals surface area contributed by atoms with E-state index in [1.54, 1.807) is 30.8 Å². The van der Waals surface area contributed by atoms with Crippen LogP contribution in [0.5, 0.6) is 0 Å². The zero-order valence-corrected chi connectivity index (χ0v) is 37.6. The van der Waals surface area contributed by atoms with Crippen molar-refractivity contribution < 1.29 is 48.1 Å². The molecule has 3 N–H and O–H groups in total. The van der Waals surface area contributed by atoms with Crippen LogP contribution in [0.4, 0.5) is 0 Å². The van der Waals surface area contributed by atoms with Crippen LogP contribution in [0.15, 0.2) is 30.3 Å². The average Bonchev–Trinajstić information content (AvgIpc) is 3.68. The Labute approximate surface area is 352 Å². The number of aliphatic carboxylic acids is 1. The van der Waals surface area contributed by atoms with E-state index in [1.807, 2.05) is 76.8 Å². The summed E-state index contributed by atoms with van der Waals surface area (Å²) < 4.78 is 17.0. The van der Waals surface area contributed by atoms with Crippen molar-refractivity contribution in [3.05, 3.63) is 35.9 Å². The van der Waals surface area contributed by atoms with E-state index < -0.39 is 66.2 Å². The Morgan fingerprint density at radius 1 is 0.898 bits per heavy atom. The van der Waals surface area contributed by atoms with Crippen LogP contribution in [0.3, 0.4) is 0 Å². The van der Waals surface area contributed by atoms with E-state index in [9.17, 15) is 28.8 Å². The second-order valence-corrected chi connectivity index (χ2v) is 16.8. The highest BCUT2D eigenvalue weighted by atomic mass is 16.5. The summed E-state index contributed by atoms with van der Waals surface area (Å²) in [5, 5.41) is 15.0. The summed E-state index contributed by atoms with van der Waals surface area (Å²) in [6.45, 7) is 14.2. The first-order chi connectivity index (χ1) is 27.8. The van der Waals surface area contributed by atoms with Gasteiger partial charge in [0, 0.05) is 40.7 Å². The number of hydrogen-bond donors (Lipinski definition) is 3. The number of benzene rings is 1. The molecule has 59 heavy (non-hydrogen) atoms. The van der Waals surface area contributed by atoms with Crippen molar-refractivity contribution in [3.8, 4) is 0 Å². The highest BCUT2D eigenvalue weighted by molar-refractivity contribution is 5.90. The number of ether oxygens (including phenoxy) is 3. The van der Waals surface area contributed by atoms with Crippen LogP contribution in [0.2, 0.25) is 0 Å². The lowest BCUT2D eigenvalue weighted by atomic mass is 9.89. The number of nitrogens with one attached hydrogen (secondary N) is 2. The molecule has 1 aromatic rings. The third-order valence-electron chi connectivity index (χ3n) is 11.9. The minimum Gasteiger partial charge on any atom is -0.481 e. The van der Waals surface area contributed by atoms with E-state index in [4.69, 9.17) is 19.3 Å². The van der Waals surface area contributed by atoms with E-state index in [0.29, 0.717) is 38.8 Å². The first-order valence-electron chi connectivity index (χ1n) is 21.1. The molecule has 0 spiro atoms. The molecule has 1 saturated heterocycles. The minimum absolute atomic E-state index is 0.00899. The summed E-state index contributed by atoms with van der Waals surface area (Å²) in [6, 6.07) is 6.02. The monoisotopic (exact) mass is 832 g/mol. The Bertz CT molecular complexity index is 1510. The largest absolute Gasteiger partial charge is 0.481 e. The van der Waals surface area contributed by atoms with E-state index in [-0.39, 0.29) is 54.7 Å². The van der Waals surface area contributed by atoms with E-state index in [2.05, 4.69) is 10.6 Å². The van der Waals surface area contributed by atoms with Crippen LogP contribution < -0.4 is 10.6 Å². The van der Waals surface area contributed by atoms with Gasteiger partial charge in [-0.15, -0.1) is 0 Å². The topological polar surface area (TPSA) is 184 Å². The normalized spacial score (nSPS) is 18.4. The first kappa shape index (κ1) is 51.1. The van der Waals surface area contributed by atoms with Gasteiger partial charge in [0.2, 0.25) is 23.6 Å². The number of carbonyl (C=O) groups excluding carboxylic acids is 5. The Balaban J connectivity index is 2.28. The molecule has 1 aliphatic heterocycles. The molecule has 0 aromatic heterocycles. The van der Waals surface area contributed by atoms with Gasteiger partial charge < -0.3 is 39.8 Å². The summed E-state index contributed by atoms with van der Waals surface area (Å²) >= 11 is 0. The molecule has 0 radical (unpaired) electrons. The van der Waals surface area contributed by atoms with Crippen molar-refractivity contribution >= 4 is 35.6 Å². The highest BCUT2D eigenvalue weighted by Gasteiger charge is 2.43. The van der Waals surface area contributed by atoms with Gasteiger partial charge >= 0.3 is 11.9 Å². The summed E-state index contributed by atoms with van der Waals surface area (Å²) in [4.78, 5) is 85.2. The maximum absolute atomic E-state index is 14.4. The maximum Gasteiger partial charge on any atom is 0.328 e. The van der Waals surface area contributed by atoms with Crippen molar-refractivity contribution in [2.45, 2.75) is 136 Å². The number of nitrogens with zero attached hydrogens (tertiary/aromatic N) is 3. The lowest BCUT2D eigenvalue weighted by Gasteiger charge is -2.41. The molecule has 1 aliphatic rings. The number of likely N-dealkylation sites (N-methyl/N-ethyl adjacent to an activating group) is 2. The predicted molar refractivity (Wildman–Crippen MR) is 225 cm³/mol. The SMILES string of the molecule is CC[C@H](C)[C@@H]([C@@H](CC(=O)N1CCC[C@H]1[C@H](OC)[C@@H](C)C(=O)N[C@@H](Cc1ccccc1)C(=O)OC)OC)N(C)C(=O)[C@@H](NC(=O)[C@H](C(C)C)N(C)CCCC(=O)O)C(C)C. The molecule has 4 amide bonds. The predicted octanol–water partition coefficient (Wildman–Crippen LogP) is 3.77. The third-order valence-corrected chi connectivity index (χ3v) is 11.9. The maximum atomic E-state index is 14.4. The molecular formula is C44H73N5O10. The number of likely N-dealkylation sites (tertiary alicyclic amines) is 1. The molecule has 9 atom stereocenters. The van der Waals surface area contributed by atoms with Gasteiger partial charge in [0.1, 0.15) is 12.1 Å². The van der Waals surface area contributed by atoms with Crippen molar-refractivity contribution in [2.75, 3.05) is 48.5 Å². The zero-order chi connectivity index (χ0) is 44.6. The van der Waals surface area contributed by atoms with E-state index in [0.717, 1.165) is 5.56 Å². The molecule has 1 fully saturated rings. The molecular weight excluding hydrogens is 759 g/mol. The Morgan fingerprint density at radius 3 is 2.07 bits per heavy atom. The summed E-state index contributed by atoms with van der Waals surface area (Å²) in [7, 11) is 7.79. The molecule has 1 aromatic carbocycles. The van der Waals surface area contributed by atoms with E-state index >= 15 is 0 Å². The standard InChI is InChI=1S/C44H73N5O10/c1-13-29(6)39(48(9)43(55)37(27(2)3)46-42(54)38(28(4)5)47(8)23-18-22-36(51)52)34(57-10)26-35(50)49-24-17-21-33(49)40(58-11)30(7)41(53)45-32(44(56)59-12)25-31-19-15-14-16-20-31/h14-16,19-20,27-30,32-34,37-40H,13,17-18,21-26H2,1-12H3,(H,45,53)(H,46,54)(H,51,52)/t29-,30+,32-,33-,34+,37-,38-,39-,40+/m0/s1. The van der Waals surface area contributed by atoms with Gasteiger partial charge in [-0.25, -0.2) is 4.79 Å². The summed E-state index contributed by atoms with van der Waals surface area (Å²) in [6.07, 6.45) is 1.23. The number of carbonyl (C=O) groups is 6. The number of hydrogen-bond acceptors (Lipinski definition) is 10. The van der Waals surface area contributed by atoms with Gasteiger partial charge in [-0.05, 0) is 56.2 Å². The molecule has 15 nitrogen and oxygen atoms in total. The van der Waals surface area contributed by atoms with E-state index in [1.165, 1.54) is 21.3 Å². The van der Waals surface area contributed by atoms with Crippen LogP contribution >= 0.6 is 0 Å². The van der Waals surface area contributed by atoms with Crippen LogP contribution in [-0.4, -0.2) is 146 Å². The molecule has 0 unspecified atom stereocenters. The number of carboxylic acid groups (broad SMARTS) is 1. The van der Waals surface area contributed by atoms with Crippen molar-refractivity contribution in [3.63, 3.8) is 0 Å². The van der Waals surface area contributed by atoms with Gasteiger partial charge in [-0.2, -0.15) is 0 Å². The molecule has 334 valence electrons. The zero-order valence-electron chi connectivity index (χ0n) is 37.6. The smallest absolute Gasteiger partial charge is 0.328 e. The number of amides is 4. The number of rotatable bonds is 25. The highest BCUT2D eigenvalue weighted by Crippen LogP contribution is 2.30. The second-order valence-electron chi connectivity index (χ2n) is 16.8. The van der Waals surface area contributed by atoms with Gasteiger partial charge in [-0.3, -0.25) is 28.9 Å². The Morgan fingerprint density at radius 2 is 1.54 bits per heavy atom. The van der Waals surface area contributed by atoms with Crippen LogP contribution in [0, 0.1) is 23.7 Å². The van der Waals surface area contributed by atoms with Crippen LogP contribution in [0.25, 0.3) is 0 Å². The van der Waals surface area contributed by atoms with Crippen molar-refractivity contribution in [1.82, 2.24) is 25.3 Å². The van der Waals surface area contributed by atoms with Gasteiger partial charge in [0.15, 0.2) is 0 Å². The molecule has 1 heterocycles. The minimum atomic E-state index is -0.909. The lowest BCUT2D eigenvalue weighted by Crippen LogP contribution is -2.60. The van der Waals surface area contributed by atoms with Crippen molar-refractivity contribution in [2.24, 2.45) is 23.7 Å². The second kappa shape index (κ2) is 24.9. The van der Waals surface area contributed by atoms with Gasteiger partial charge in [-0.1, -0.05) is 85.2 Å². The molecule has 2 rings (SSSR count). The molecule has 0 aliphatic carbocycles. The number of esters is 1. The quantitative estimate of drug-likeness (QED) is 0.122. The number of carboxylic acids is 1. The molecule has 0 bridgehead atoms. The average molecular weight is 832 g/mol. The van der Waals surface area contributed by atoms with Gasteiger partial charge in [0.25, 0.3) is 0 Å². The lowest BCUT2D eigenvalue weighted by molar-refractivity contribution is -0.149. The molecule has 15 heteroatoms. The number of methoxy groups -OCH3 is 3. The summed E-state index contributed by atoms with van der Waals surface area (Å²) in [5.74, 6) is -3.86.